The molecule has 1 amide bonds. The Labute approximate surface area is 166 Å². The lowest BCUT2D eigenvalue weighted by Crippen LogP contribution is -2.15. The molecule has 1 fully saturated rings. The van der Waals surface area contributed by atoms with Crippen LogP contribution in [0.1, 0.15) is 24.1 Å². The normalized spacial score (nSPS) is 23.1. The van der Waals surface area contributed by atoms with Gasteiger partial charge in [-0.15, -0.1) is 0 Å². The molecule has 4 rings (SSSR count). The quantitative estimate of drug-likeness (QED) is 0.752. The number of amides is 1. The molecule has 2 atom stereocenters. The summed E-state index contributed by atoms with van der Waals surface area (Å²) in [4.78, 5) is 19.0. The van der Waals surface area contributed by atoms with Gasteiger partial charge in [0.05, 0.1) is 10.6 Å². The Balaban J connectivity index is 0.000000221. The highest BCUT2D eigenvalue weighted by Gasteiger charge is 2.57. The van der Waals surface area contributed by atoms with Crippen molar-refractivity contribution < 1.29 is 9.18 Å². The van der Waals surface area contributed by atoms with Gasteiger partial charge in [0.2, 0.25) is 6.41 Å². The fourth-order valence-corrected chi connectivity index (χ4v) is 4.13. The smallest absolute Gasteiger partial charge is 0.211 e. The number of pyridine rings is 1. The van der Waals surface area contributed by atoms with Crippen molar-refractivity contribution in [3.63, 3.8) is 0 Å². The van der Waals surface area contributed by atoms with E-state index in [0.29, 0.717) is 33.8 Å². The summed E-state index contributed by atoms with van der Waals surface area (Å²) >= 11 is 7.07. The van der Waals surface area contributed by atoms with Crippen LogP contribution >= 0.6 is 23.4 Å². The van der Waals surface area contributed by atoms with E-state index in [9.17, 15) is 9.18 Å². The van der Waals surface area contributed by atoms with Crippen molar-refractivity contribution in [3.05, 3.63) is 58.6 Å². The summed E-state index contributed by atoms with van der Waals surface area (Å²) in [6.07, 6.45) is 4.03. The maximum absolute atomic E-state index is 14.1. The topological polar surface area (TPSA) is 80.4 Å². The van der Waals surface area contributed by atoms with E-state index < -0.39 is 5.54 Å². The number of hydrogen-bond acceptors (Lipinski definition) is 5. The van der Waals surface area contributed by atoms with Crippen molar-refractivity contribution in [1.29, 1.82) is 0 Å². The minimum atomic E-state index is -0.516. The van der Waals surface area contributed by atoms with Crippen LogP contribution in [0.4, 0.5) is 10.1 Å². The zero-order chi connectivity index (χ0) is 19.4. The molecular formula is C19H20ClFN4OS. The number of aliphatic imine (C=N–C) groups is 1. The van der Waals surface area contributed by atoms with E-state index in [1.165, 1.54) is 17.8 Å². The molecule has 0 saturated heterocycles. The van der Waals surface area contributed by atoms with Crippen molar-refractivity contribution >= 4 is 40.6 Å². The second-order valence-electron chi connectivity index (χ2n) is 6.49. The molecule has 1 saturated carbocycles. The molecular weight excluding hydrogens is 387 g/mol. The minimum absolute atomic E-state index is 0.289. The predicted molar refractivity (Wildman–Crippen MR) is 109 cm³/mol. The molecule has 0 radical (unpaired) electrons. The van der Waals surface area contributed by atoms with Gasteiger partial charge < -0.3 is 11.1 Å². The lowest BCUT2D eigenvalue weighted by molar-refractivity contribution is -0.105. The van der Waals surface area contributed by atoms with Gasteiger partial charge in [-0.05, 0) is 56.0 Å². The summed E-state index contributed by atoms with van der Waals surface area (Å²) in [5.41, 5.74) is 7.44. The highest BCUT2D eigenvalue weighted by atomic mass is 35.5. The van der Waals surface area contributed by atoms with Crippen LogP contribution in [-0.4, -0.2) is 22.3 Å². The van der Waals surface area contributed by atoms with Gasteiger partial charge in [0.15, 0.2) is 5.17 Å². The summed E-state index contributed by atoms with van der Waals surface area (Å²) in [6, 6.07) is 8.28. The first kappa shape index (κ1) is 19.6. The Kier molecular flexibility index (Phi) is 6.01. The average Bonchev–Trinajstić information content (AvgIpc) is 3.34. The molecule has 1 aliphatic heterocycles. The van der Waals surface area contributed by atoms with E-state index in [0.717, 1.165) is 24.3 Å². The summed E-state index contributed by atoms with van der Waals surface area (Å²) in [7, 11) is 0. The summed E-state index contributed by atoms with van der Waals surface area (Å²) in [6.45, 7) is 1.93. The van der Waals surface area contributed by atoms with E-state index in [-0.39, 0.29) is 5.82 Å². The third-order valence-corrected chi connectivity index (χ3v) is 5.68. The molecule has 2 unspecified atom stereocenters. The van der Waals surface area contributed by atoms with Crippen LogP contribution in [0.3, 0.4) is 0 Å². The first-order valence-electron chi connectivity index (χ1n) is 8.51. The number of aromatic nitrogens is 1. The summed E-state index contributed by atoms with van der Waals surface area (Å²) < 4.78 is 14.1. The van der Waals surface area contributed by atoms with Crippen LogP contribution < -0.4 is 11.1 Å². The molecule has 1 aliphatic carbocycles. The zero-order valence-corrected chi connectivity index (χ0v) is 16.4. The van der Waals surface area contributed by atoms with Crippen LogP contribution in [0.5, 0.6) is 0 Å². The molecule has 0 bridgehead atoms. The Bertz CT molecular complexity index is 840. The Morgan fingerprint density at radius 2 is 2.22 bits per heavy atom. The van der Waals surface area contributed by atoms with Crippen LogP contribution in [0.2, 0.25) is 5.02 Å². The third kappa shape index (κ3) is 4.59. The van der Waals surface area contributed by atoms with Gasteiger partial charge in [-0.2, -0.15) is 0 Å². The van der Waals surface area contributed by atoms with E-state index in [4.69, 9.17) is 17.3 Å². The predicted octanol–water partition coefficient (Wildman–Crippen LogP) is 4.10. The highest BCUT2D eigenvalue weighted by Crippen LogP contribution is 2.59. The second kappa shape index (κ2) is 8.27. The van der Waals surface area contributed by atoms with E-state index in [1.807, 2.05) is 19.1 Å². The van der Waals surface area contributed by atoms with Gasteiger partial charge in [-0.1, -0.05) is 23.4 Å². The van der Waals surface area contributed by atoms with Gasteiger partial charge in [-0.3, -0.25) is 14.8 Å². The highest BCUT2D eigenvalue weighted by molar-refractivity contribution is 8.13. The van der Waals surface area contributed by atoms with Gasteiger partial charge in [0, 0.05) is 28.9 Å². The standard InChI is InChI=1S/C13H14FN3OS.C6H6ClN/c14-11-2-1-9(16-7-18)5-10(11)13-6-8(13)3-4-19-12(15)17-13;1-5-2-3-6(7)4-8-5/h1-2,5,7-8H,3-4,6H2,(H2,15,17)(H,16,18);2-4H,1H3. The number of nitrogens with zero attached hydrogens (tertiary/aromatic N) is 2. The largest absolute Gasteiger partial charge is 0.379 e. The van der Waals surface area contributed by atoms with Gasteiger partial charge in [0.25, 0.3) is 0 Å². The molecule has 2 heterocycles. The third-order valence-electron chi connectivity index (χ3n) is 4.63. The molecule has 142 valence electrons. The first-order chi connectivity index (χ1) is 12.9. The maximum atomic E-state index is 14.1. The number of nitrogens with two attached hydrogens (primary N) is 1. The molecule has 5 nitrogen and oxygen atoms in total. The van der Waals surface area contributed by atoms with E-state index >= 15 is 0 Å². The molecule has 1 aromatic heterocycles. The lowest BCUT2D eigenvalue weighted by Gasteiger charge is -2.14. The maximum Gasteiger partial charge on any atom is 0.211 e. The van der Waals surface area contributed by atoms with Crippen LogP contribution in [0, 0.1) is 18.7 Å². The number of halogens is 2. The number of carbonyl (C=O) groups is 1. The number of aryl methyl sites for hydroxylation is 1. The van der Waals surface area contributed by atoms with Crippen LogP contribution in [0.25, 0.3) is 0 Å². The number of amidine groups is 1. The average molecular weight is 407 g/mol. The lowest BCUT2D eigenvalue weighted by atomic mass is 10.0. The number of hydrogen-bond donors (Lipinski definition) is 2. The molecule has 1 aromatic carbocycles. The molecule has 2 aliphatic rings. The fraction of sp³-hybridized carbons (Fsp3) is 0.316. The number of thioether (sulfide) groups is 1. The molecule has 8 heteroatoms. The Morgan fingerprint density at radius 1 is 1.41 bits per heavy atom. The zero-order valence-electron chi connectivity index (χ0n) is 14.8. The summed E-state index contributed by atoms with van der Waals surface area (Å²) in [5, 5.41) is 3.76. The van der Waals surface area contributed by atoms with Crippen molar-refractivity contribution in [1.82, 2.24) is 4.98 Å². The molecule has 2 aromatic rings. The fourth-order valence-electron chi connectivity index (χ4n) is 3.18. The van der Waals surface area contributed by atoms with Gasteiger partial charge in [-0.25, -0.2) is 4.39 Å². The monoisotopic (exact) mass is 406 g/mol. The number of nitrogens with one attached hydrogen (secondary N) is 1. The molecule has 27 heavy (non-hydrogen) atoms. The Morgan fingerprint density at radius 3 is 2.89 bits per heavy atom. The number of fused-ring (bicyclic) bond motifs is 1. The number of benzene rings is 1. The van der Waals surface area contributed by atoms with Crippen LogP contribution in [-0.2, 0) is 10.3 Å². The molecule has 3 N–H and O–H groups in total. The number of carbonyl (C=O) groups excluding carboxylic acids is 1. The summed E-state index contributed by atoms with van der Waals surface area (Å²) in [5.74, 6) is 0.986. The minimum Gasteiger partial charge on any atom is -0.379 e. The first-order valence-corrected chi connectivity index (χ1v) is 9.87. The van der Waals surface area contributed by atoms with Crippen molar-refractivity contribution in [2.24, 2.45) is 16.6 Å². The number of anilines is 1. The Hall–Kier alpha value is -2.12. The van der Waals surface area contributed by atoms with Crippen molar-refractivity contribution in [2.45, 2.75) is 25.3 Å². The van der Waals surface area contributed by atoms with Crippen molar-refractivity contribution in [3.8, 4) is 0 Å². The molecule has 0 spiro atoms. The second-order valence-corrected chi connectivity index (χ2v) is 8.04. The van der Waals surface area contributed by atoms with E-state index in [2.05, 4.69) is 15.3 Å². The number of rotatable bonds is 3. The van der Waals surface area contributed by atoms with Gasteiger partial charge in [0.1, 0.15) is 5.82 Å². The SMILES string of the molecule is Cc1ccc(Cl)cn1.NC1=NC2(c3cc(NC=O)ccc3F)CC2CCS1. The van der Waals surface area contributed by atoms with E-state index in [1.54, 1.807) is 18.3 Å². The van der Waals surface area contributed by atoms with Crippen molar-refractivity contribution in [2.75, 3.05) is 11.1 Å². The van der Waals surface area contributed by atoms with Gasteiger partial charge >= 0.3 is 0 Å². The van der Waals surface area contributed by atoms with Crippen LogP contribution in [0.15, 0.2) is 41.5 Å².